The second-order valence-corrected chi connectivity index (χ2v) is 3.89. The molecule has 0 unspecified atom stereocenters. The maximum Gasteiger partial charge on any atom is 0.135 e. The molecule has 2 rings (SSSR count). The van der Waals surface area contributed by atoms with E-state index in [0.29, 0.717) is 5.71 Å². The minimum absolute atomic E-state index is 0.488. The number of nitrogens with one attached hydrogen (secondary N) is 2. The van der Waals surface area contributed by atoms with Gasteiger partial charge in [0.2, 0.25) is 0 Å². The maximum absolute atomic E-state index is 8.21. The first kappa shape index (κ1) is 11.3. The SMILES string of the molecule is CNc1ncccc1C(=N)c1ccc(C)cc1. The highest BCUT2D eigenvalue weighted by molar-refractivity contribution is 6.13. The standard InChI is InChI=1S/C14H15N3/c1-10-5-7-11(8-6-10)13(15)12-4-3-9-17-14(12)16-2/h3-9,15H,1-2H3,(H,16,17). The highest BCUT2D eigenvalue weighted by Gasteiger charge is 2.09. The van der Waals surface area contributed by atoms with Gasteiger partial charge in [0.05, 0.1) is 5.71 Å². The first-order chi connectivity index (χ1) is 8.22. The van der Waals surface area contributed by atoms with Gasteiger partial charge in [-0.25, -0.2) is 4.98 Å². The molecule has 0 saturated heterocycles. The van der Waals surface area contributed by atoms with Crippen molar-refractivity contribution in [2.45, 2.75) is 6.92 Å². The van der Waals surface area contributed by atoms with Crippen molar-refractivity contribution in [2.75, 3.05) is 12.4 Å². The highest BCUT2D eigenvalue weighted by Crippen LogP contribution is 2.16. The van der Waals surface area contributed by atoms with Crippen molar-refractivity contribution < 1.29 is 0 Å². The molecule has 3 heteroatoms. The van der Waals surface area contributed by atoms with Crippen molar-refractivity contribution in [1.29, 1.82) is 5.41 Å². The minimum atomic E-state index is 0.488. The number of nitrogens with zero attached hydrogens (tertiary/aromatic N) is 1. The van der Waals surface area contributed by atoms with E-state index in [9.17, 15) is 0 Å². The van der Waals surface area contributed by atoms with Crippen molar-refractivity contribution in [3.63, 3.8) is 0 Å². The van der Waals surface area contributed by atoms with Gasteiger partial charge in [0, 0.05) is 24.4 Å². The van der Waals surface area contributed by atoms with Gasteiger partial charge in [0.1, 0.15) is 5.82 Å². The summed E-state index contributed by atoms with van der Waals surface area (Å²) in [4.78, 5) is 4.21. The fraction of sp³-hybridized carbons (Fsp3) is 0.143. The third-order valence-corrected chi connectivity index (χ3v) is 2.65. The molecular formula is C14H15N3. The summed E-state index contributed by atoms with van der Waals surface area (Å²) in [7, 11) is 1.81. The van der Waals surface area contributed by atoms with E-state index in [0.717, 1.165) is 16.9 Å². The Balaban J connectivity index is 2.40. The number of benzene rings is 1. The molecular weight excluding hydrogens is 210 g/mol. The molecule has 1 aromatic carbocycles. The van der Waals surface area contributed by atoms with Crippen LogP contribution >= 0.6 is 0 Å². The Labute approximate surface area is 101 Å². The monoisotopic (exact) mass is 225 g/mol. The van der Waals surface area contributed by atoms with E-state index < -0.39 is 0 Å². The van der Waals surface area contributed by atoms with Crippen LogP contribution in [0.15, 0.2) is 42.6 Å². The zero-order valence-electron chi connectivity index (χ0n) is 9.99. The fourth-order valence-electron chi connectivity index (χ4n) is 1.68. The Kier molecular flexibility index (Phi) is 3.19. The number of aryl methyl sites for hydroxylation is 1. The molecule has 0 aliphatic heterocycles. The summed E-state index contributed by atoms with van der Waals surface area (Å²) in [5.74, 6) is 0.734. The van der Waals surface area contributed by atoms with Gasteiger partial charge >= 0.3 is 0 Å². The van der Waals surface area contributed by atoms with Crippen molar-refractivity contribution in [1.82, 2.24) is 4.98 Å². The van der Waals surface area contributed by atoms with Crippen LogP contribution in [0.1, 0.15) is 16.7 Å². The van der Waals surface area contributed by atoms with Crippen molar-refractivity contribution in [2.24, 2.45) is 0 Å². The van der Waals surface area contributed by atoms with Crippen LogP contribution in [0.2, 0.25) is 0 Å². The molecule has 0 bridgehead atoms. The number of anilines is 1. The smallest absolute Gasteiger partial charge is 0.135 e. The first-order valence-electron chi connectivity index (χ1n) is 5.51. The third kappa shape index (κ3) is 2.33. The van der Waals surface area contributed by atoms with Gasteiger partial charge in [-0.15, -0.1) is 0 Å². The van der Waals surface area contributed by atoms with E-state index in [4.69, 9.17) is 5.41 Å². The maximum atomic E-state index is 8.21. The van der Waals surface area contributed by atoms with Crippen LogP contribution in [0.25, 0.3) is 0 Å². The number of pyridine rings is 1. The zero-order valence-corrected chi connectivity index (χ0v) is 9.99. The molecule has 0 atom stereocenters. The van der Waals surface area contributed by atoms with Crippen molar-refractivity contribution in [3.05, 3.63) is 59.3 Å². The molecule has 86 valence electrons. The van der Waals surface area contributed by atoms with E-state index >= 15 is 0 Å². The topological polar surface area (TPSA) is 48.8 Å². The van der Waals surface area contributed by atoms with Crippen LogP contribution in [-0.4, -0.2) is 17.7 Å². The van der Waals surface area contributed by atoms with E-state index in [1.54, 1.807) is 6.20 Å². The molecule has 0 aliphatic carbocycles. The van der Waals surface area contributed by atoms with E-state index in [2.05, 4.69) is 10.3 Å². The molecule has 0 spiro atoms. The Hall–Kier alpha value is -2.16. The summed E-state index contributed by atoms with van der Waals surface area (Å²) in [5.41, 5.74) is 3.41. The average Bonchev–Trinajstić information content (AvgIpc) is 2.39. The minimum Gasteiger partial charge on any atom is -0.373 e. The lowest BCUT2D eigenvalue weighted by Gasteiger charge is -2.09. The van der Waals surface area contributed by atoms with Gasteiger partial charge in [-0.05, 0) is 19.1 Å². The Morgan fingerprint density at radius 1 is 1.18 bits per heavy atom. The Morgan fingerprint density at radius 3 is 2.53 bits per heavy atom. The van der Waals surface area contributed by atoms with Crippen LogP contribution < -0.4 is 5.32 Å². The van der Waals surface area contributed by atoms with Crippen molar-refractivity contribution in [3.8, 4) is 0 Å². The summed E-state index contributed by atoms with van der Waals surface area (Å²) in [6.45, 7) is 2.04. The molecule has 0 fully saturated rings. The van der Waals surface area contributed by atoms with E-state index in [1.165, 1.54) is 5.56 Å². The predicted molar refractivity (Wildman–Crippen MR) is 70.9 cm³/mol. The molecule has 0 aliphatic rings. The third-order valence-electron chi connectivity index (χ3n) is 2.65. The molecule has 0 saturated carbocycles. The molecule has 2 aromatic rings. The number of hydrogen-bond acceptors (Lipinski definition) is 3. The number of hydrogen-bond donors (Lipinski definition) is 2. The molecule has 1 aromatic heterocycles. The van der Waals surface area contributed by atoms with Crippen LogP contribution in [-0.2, 0) is 0 Å². The molecule has 0 radical (unpaired) electrons. The summed E-state index contributed by atoms with van der Waals surface area (Å²) in [6, 6.07) is 11.7. The lowest BCUT2D eigenvalue weighted by Crippen LogP contribution is -2.06. The summed E-state index contributed by atoms with van der Waals surface area (Å²) >= 11 is 0. The lowest BCUT2D eigenvalue weighted by atomic mass is 10.0. The number of aromatic nitrogens is 1. The van der Waals surface area contributed by atoms with Gasteiger partial charge in [0.25, 0.3) is 0 Å². The largest absolute Gasteiger partial charge is 0.373 e. The highest BCUT2D eigenvalue weighted by atomic mass is 15.0. The second kappa shape index (κ2) is 4.78. The van der Waals surface area contributed by atoms with E-state index in [-0.39, 0.29) is 0 Å². The molecule has 2 N–H and O–H groups in total. The Morgan fingerprint density at radius 2 is 1.88 bits per heavy atom. The van der Waals surface area contributed by atoms with Gasteiger partial charge in [-0.1, -0.05) is 29.8 Å². The van der Waals surface area contributed by atoms with Crippen molar-refractivity contribution >= 4 is 11.5 Å². The molecule has 0 amide bonds. The van der Waals surface area contributed by atoms with Crippen LogP contribution in [0, 0.1) is 12.3 Å². The molecule has 3 nitrogen and oxygen atoms in total. The predicted octanol–water partition coefficient (Wildman–Crippen LogP) is 2.85. The Bertz CT molecular complexity index is 529. The van der Waals surface area contributed by atoms with Gasteiger partial charge in [0.15, 0.2) is 0 Å². The molecule has 17 heavy (non-hydrogen) atoms. The average molecular weight is 225 g/mol. The molecule has 1 heterocycles. The van der Waals surface area contributed by atoms with Crippen LogP contribution in [0.3, 0.4) is 0 Å². The zero-order chi connectivity index (χ0) is 12.3. The first-order valence-corrected chi connectivity index (χ1v) is 5.51. The summed E-state index contributed by atoms with van der Waals surface area (Å²) in [5, 5.41) is 11.2. The van der Waals surface area contributed by atoms with Crippen LogP contribution in [0.4, 0.5) is 5.82 Å². The second-order valence-electron chi connectivity index (χ2n) is 3.89. The van der Waals surface area contributed by atoms with Crippen LogP contribution in [0.5, 0.6) is 0 Å². The quantitative estimate of drug-likeness (QED) is 0.789. The fourth-order valence-corrected chi connectivity index (χ4v) is 1.68. The summed E-state index contributed by atoms with van der Waals surface area (Å²) in [6.07, 6.45) is 1.72. The summed E-state index contributed by atoms with van der Waals surface area (Å²) < 4.78 is 0. The van der Waals surface area contributed by atoms with E-state index in [1.807, 2.05) is 50.4 Å². The number of rotatable bonds is 3. The lowest BCUT2D eigenvalue weighted by molar-refractivity contribution is 1.27. The normalized spacial score (nSPS) is 10.0. The van der Waals surface area contributed by atoms with Gasteiger partial charge in [-0.3, -0.25) is 5.41 Å². The van der Waals surface area contributed by atoms with Gasteiger partial charge in [-0.2, -0.15) is 0 Å². The van der Waals surface area contributed by atoms with Gasteiger partial charge < -0.3 is 5.32 Å².